The van der Waals surface area contributed by atoms with Crippen LogP contribution >= 0.6 is 0 Å². The SMILES string of the molecule is CC(C)(C)c1cc(-c2cc(-c3cc4c5c(cccc5c3)C(C)(C)CC4(C)C)ccn2)[c-]c(-c2cccc3c2nc(-c2cc(C(C)(C)C)cc(C(C)(C)C)c2O)n3-c2ccc(C(C)(C)C)cc2-c2ccccc2)c1.[Pt]. The van der Waals surface area contributed by atoms with E-state index in [-0.39, 0.29) is 59.3 Å². The van der Waals surface area contributed by atoms with Gasteiger partial charge >= 0.3 is 0 Å². The maximum atomic E-state index is 12.7. The summed E-state index contributed by atoms with van der Waals surface area (Å²) in [5.41, 5.74) is 18.3. The summed E-state index contributed by atoms with van der Waals surface area (Å²) in [4.78, 5) is 10.8. The first-order valence-electron chi connectivity index (χ1n) is 26.3. The number of pyridine rings is 1. The zero-order valence-electron chi connectivity index (χ0n) is 46.6. The largest absolute Gasteiger partial charge is 0.507 e. The molecule has 382 valence electrons. The molecule has 0 fully saturated rings. The average Bonchev–Trinajstić information content (AvgIpc) is 3.71. The van der Waals surface area contributed by atoms with E-state index in [2.05, 4.69) is 255 Å². The molecule has 2 heterocycles. The summed E-state index contributed by atoms with van der Waals surface area (Å²) >= 11 is 0. The first-order chi connectivity index (χ1) is 34.1. The molecule has 1 aliphatic rings. The van der Waals surface area contributed by atoms with Crippen molar-refractivity contribution in [3.8, 4) is 67.5 Å². The molecule has 0 aliphatic heterocycles. The molecular weight excluding hydrogens is 1080 g/mol. The topological polar surface area (TPSA) is 50.9 Å². The molecule has 4 nitrogen and oxygen atoms in total. The van der Waals surface area contributed by atoms with Gasteiger partial charge in [-0.25, -0.2) is 4.98 Å². The van der Waals surface area contributed by atoms with Crippen LogP contribution < -0.4 is 0 Å². The van der Waals surface area contributed by atoms with Gasteiger partial charge in [0.1, 0.15) is 11.6 Å². The van der Waals surface area contributed by atoms with Crippen molar-refractivity contribution >= 4 is 21.8 Å². The van der Waals surface area contributed by atoms with E-state index < -0.39 is 0 Å². The van der Waals surface area contributed by atoms with E-state index >= 15 is 0 Å². The van der Waals surface area contributed by atoms with Gasteiger partial charge < -0.3 is 5.11 Å². The normalized spacial score (nSPS) is 14.6. The first-order valence-corrected chi connectivity index (χ1v) is 26.3. The van der Waals surface area contributed by atoms with Crippen molar-refractivity contribution in [1.82, 2.24) is 14.5 Å². The minimum Gasteiger partial charge on any atom is -0.507 e. The fourth-order valence-electron chi connectivity index (χ4n) is 11.6. The molecule has 5 heteroatoms. The number of benzene rings is 7. The fourth-order valence-corrected chi connectivity index (χ4v) is 11.6. The first kappa shape index (κ1) is 52.8. The smallest absolute Gasteiger partial charge is 0.148 e. The summed E-state index contributed by atoms with van der Waals surface area (Å²) in [5.74, 6) is 0.941. The molecule has 1 N–H and O–H groups in total. The fraction of sp³-hybridized carbons (Fsp3) is 0.333. The van der Waals surface area contributed by atoms with E-state index in [1.54, 1.807) is 0 Å². The number of imidazole rings is 1. The molecule has 7 aromatic carbocycles. The molecule has 0 saturated heterocycles. The molecule has 9 aromatic rings. The molecule has 0 bridgehead atoms. The van der Waals surface area contributed by atoms with Crippen LogP contribution in [-0.2, 0) is 53.6 Å². The number of phenols is 1. The van der Waals surface area contributed by atoms with Gasteiger partial charge in [0, 0.05) is 44.1 Å². The second kappa shape index (κ2) is 18.3. The van der Waals surface area contributed by atoms with E-state index in [4.69, 9.17) is 9.97 Å². The van der Waals surface area contributed by atoms with Crippen LogP contribution in [0.2, 0.25) is 0 Å². The Morgan fingerprint density at radius 3 is 1.84 bits per heavy atom. The maximum Gasteiger partial charge on any atom is 0.148 e. The number of aromatic hydroxyl groups is 1. The Labute approximate surface area is 456 Å². The molecule has 10 rings (SSSR count). The molecule has 0 amide bonds. The Morgan fingerprint density at radius 1 is 0.527 bits per heavy atom. The van der Waals surface area contributed by atoms with E-state index in [0.717, 1.165) is 73.3 Å². The van der Waals surface area contributed by atoms with E-state index in [1.165, 1.54) is 38.6 Å². The quantitative estimate of drug-likeness (QED) is 0.169. The third-order valence-electron chi connectivity index (χ3n) is 15.6. The predicted octanol–water partition coefficient (Wildman–Crippen LogP) is 18.6. The van der Waals surface area contributed by atoms with Crippen LogP contribution in [0.3, 0.4) is 0 Å². The van der Waals surface area contributed by atoms with Crippen molar-refractivity contribution in [2.75, 3.05) is 0 Å². The van der Waals surface area contributed by atoms with Crippen molar-refractivity contribution in [2.24, 2.45) is 0 Å². The summed E-state index contributed by atoms with van der Waals surface area (Å²) in [6.07, 6.45) is 3.04. The number of hydrogen-bond donors (Lipinski definition) is 1. The van der Waals surface area contributed by atoms with Gasteiger partial charge in [-0.05, 0) is 131 Å². The maximum absolute atomic E-state index is 12.7. The molecule has 0 unspecified atom stereocenters. The number of hydrogen-bond acceptors (Lipinski definition) is 3. The zero-order chi connectivity index (χ0) is 52.4. The number of aromatic nitrogens is 3. The van der Waals surface area contributed by atoms with Crippen molar-refractivity contribution in [3.63, 3.8) is 0 Å². The van der Waals surface area contributed by atoms with Gasteiger partial charge in [0.25, 0.3) is 0 Å². The summed E-state index contributed by atoms with van der Waals surface area (Å²) in [6, 6.07) is 52.9. The van der Waals surface area contributed by atoms with Gasteiger partial charge in [-0.15, -0.1) is 29.3 Å². The molecule has 0 saturated carbocycles. The molecule has 0 atom stereocenters. The molecule has 2 aromatic heterocycles. The summed E-state index contributed by atoms with van der Waals surface area (Å²) in [5, 5.41) is 15.3. The Bertz CT molecular complexity index is 3640. The molecule has 1 aliphatic carbocycles. The van der Waals surface area contributed by atoms with Crippen LogP contribution in [0.5, 0.6) is 5.75 Å². The van der Waals surface area contributed by atoms with E-state index in [0.29, 0.717) is 11.4 Å². The van der Waals surface area contributed by atoms with Crippen LogP contribution in [-0.4, -0.2) is 19.6 Å². The minimum atomic E-state index is -0.335. The third-order valence-corrected chi connectivity index (χ3v) is 15.6. The second-order valence-electron chi connectivity index (χ2n) is 26.5. The monoisotopic (exact) mass is 1160 g/mol. The zero-order valence-corrected chi connectivity index (χ0v) is 48.9. The Kier molecular flexibility index (Phi) is 13.1. The predicted molar refractivity (Wildman–Crippen MR) is 310 cm³/mol. The van der Waals surface area contributed by atoms with Gasteiger partial charge in [0.2, 0.25) is 0 Å². The van der Waals surface area contributed by atoms with E-state index in [1.807, 2.05) is 6.20 Å². The van der Waals surface area contributed by atoms with Crippen LogP contribution in [0, 0.1) is 6.07 Å². The number of phenolic OH excluding ortho intramolecular Hbond substituents is 1. The number of fused-ring (bicyclic) bond motifs is 1. The van der Waals surface area contributed by atoms with Gasteiger partial charge in [-0.3, -0.25) is 9.55 Å². The number of rotatable bonds is 6. The number of nitrogens with zero attached hydrogens (tertiary/aromatic N) is 3. The molecule has 0 spiro atoms. The third kappa shape index (κ3) is 9.51. The summed E-state index contributed by atoms with van der Waals surface area (Å²) in [6.45, 7) is 36.5. The van der Waals surface area contributed by atoms with Gasteiger partial charge in [-0.2, -0.15) is 0 Å². The van der Waals surface area contributed by atoms with Crippen LogP contribution in [0.15, 0.2) is 140 Å². The summed E-state index contributed by atoms with van der Waals surface area (Å²) in [7, 11) is 0. The van der Waals surface area contributed by atoms with Crippen LogP contribution in [0.1, 0.15) is 151 Å². The van der Waals surface area contributed by atoms with Gasteiger partial charge in [-0.1, -0.05) is 201 Å². The van der Waals surface area contributed by atoms with Gasteiger partial charge in [0.05, 0.1) is 22.3 Å². The Hall–Kier alpha value is -6.09. The van der Waals surface area contributed by atoms with Crippen molar-refractivity contribution in [1.29, 1.82) is 0 Å². The van der Waals surface area contributed by atoms with Crippen LogP contribution in [0.4, 0.5) is 0 Å². The van der Waals surface area contributed by atoms with Gasteiger partial charge in [0.15, 0.2) is 0 Å². The van der Waals surface area contributed by atoms with E-state index in [9.17, 15) is 5.11 Å². The molecule has 74 heavy (non-hydrogen) atoms. The van der Waals surface area contributed by atoms with Crippen molar-refractivity contribution in [2.45, 2.75) is 150 Å². The number of para-hydroxylation sites is 1. The van der Waals surface area contributed by atoms with Crippen molar-refractivity contribution in [3.05, 3.63) is 179 Å². The molecular formula is C69H74N3OPt-. The summed E-state index contributed by atoms with van der Waals surface area (Å²) < 4.78 is 2.29. The molecule has 0 radical (unpaired) electrons. The van der Waals surface area contributed by atoms with Crippen molar-refractivity contribution < 1.29 is 26.2 Å². The Morgan fingerprint density at radius 2 is 1.16 bits per heavy atom. The average molecular weight is 1160 g/mol. The second-order valence-corrected chi connectivity index (χ2v) is 26.5. The minimum absolute atomic E-state index is 0. The van der Waals surface area contributed by atoms with Crippen LogP contribution in [0.25, 0.3) is 83.5 Å². The Balaban J connectivity index is 0.00000672. The standard InChI is InChI=1S/C69H74N3O.Pt/c1-64(2,3)48-28-29-58(52(38-48)42-22-18-17-19-23-42)72-59-27-21-25-51(61(59)71-63(72)53-39-50(66(7,8)9)40-56(62(53)73)67(10,11)12)46-33-47(35-49(34-46)65(4,5)6)57-37-43(30-31-70-57)45-32-44-24-20-26-54-60(44)55(36-45)69(15,16)41-68(54,13)14;/h17-32,34-40,73H,41H2,1-16H3;/q-1;.